The minimum Gasteiger partial charge on any atom is -0.493 e. The Labute approximate surface area is 112 Å². The molecule has 0 fully saturated rings. The molecular formula is C14H17N3O2. The molecule has 0 atom stereocenters. The van der Waals surface area contributed by atoms with Crippen LogP contribution in [0.25, 0.3) is 0 Å². The fourth-order valence-corrected chi connectivity index (χ4v) is 1.79. The summed E-state index contributed by atoms with van der Waals surface area (Å²) >= 11 is 0. The number of rotatable bonds is 4. The van der Waals surface area contributed by atoms with Crippen LogP contribution in [0.2, 0.25) is 0 Å². The van der Waals surface area contributed by atoms with Gasteiger partial charge in [0.05, 0.1) is 12.7 Å². The number of aryl methyl sites for hydroxylation is 1. The minimum absolute atomic E-state index is 0.443. The molecule has 0 aliphatic heterocycles. The normalized spacial score (nSPS) is 10.3. The van der Waals surface area contributed by atoms with Crippen molar-refractivity contribution in [3.05, 3.63) is 35.7 Å². The first-order chi connectivity index (χ1) is 9.15. The van der Waals surface area contributed by atoms with Gasteiger partial charge in [-0.25, -0.2) is 9.97 Å². The highest BCUT2D eigenvalue weighted by molar-refractivity contribution is 5.49. The van der Waals surface area contributed by atoms with Crippen LogP contribution in [0.5, 0.6) is 17.4 Å². The highest BCUT2D eigenvalue weighted by Crippen LogP contribution is 2.33. The highest BCUT2D eigenvalue weighted by atomic mass is 16.5. The molecule has 1 aromatic heterocycles. The Morgan fingerprint density at radius 2 is 2.00 bits per heavy atom. The number of ether oxygens (including phenoxy) is 2. The number of hydrogen-bond donors (Lipinski definition) is 1. The molecule has 2 N–H and O–H groups in total. The zero-order valence-electron chi connectivity index (χ0n) is 11.3. The smallest absolute Gasteiger partial charge is 0.227 e. The summed E-state index contributed by atoms with van der Waals surface area (Å²) < 4.78 is 11.1. The number of methoxy groups -OCH3 is 1. The Bertz CT molecular complexity index is 585. The van der Waals surface area contributed by atoms with E-state index in [0.29, 0.717) is 29.6 Å². The van der Waals surface area contributed by atoms with Crippen LogP contribution in [0.1, 0.15) is 18.1 Å². The average molecular weight is 259 g/mol. The van der Waals surface area contributed by atoms with Crippen LogP contribution in [0.15, 0.2) is 24.5 Å². The van der Waals surface area contributed by atoms with Gasteiger partial charge in [-0.1, -0.05) is 13.0 Å². The average Bonchev–Trinajstić information content (AvgIpc) is 2.41. The van der Waals surface area contributed by atoms with E-state index in [4.69, 9.17) is 15.2 Å². The van der Waals surface area contributed by atoms with E-state index in [9.17, 15) is 0 Å². The van der Waals surface area contributed by atoms with Gasteiger partial charge in [0.15, 0.2) is 11.5 Å². The third kappa shape index (κ3) is 2.76. The second kappa shape index (κ2) is 5.56. The van der Waals surface area contributed by atoms with Gasteiger partial charge in [-0.3, -0.25) is 0 Å². The van der Waals surface area contributed by atoms with Crippen molar-refractivity contribution in [3.8, 4) is 17.4 Å². The van der Waals surface area contributed by atoms with Crippen LogP contribution in [0.3, 0.4) is 0 Å². The number of nitrogens with zero attached hydrogens (tertiary/aromatic N) is 2. The first-order valence-corrected chi connectivity index (χ1v) is 6.07. The van der Waals surface area contributed by atoms with Crippen molar-refractivity contribution in [2.45, 2.75) is 20.3 Å². The van der Waals surface area contributed by atoms with Crippen molar-refractivity contribution < 1.29 is 9.47 Å². The van der Waals surface area contributed by atoms with Crippen LogP contribution in [0.4, 0.5) is 5.82 Å². The summed E-state index contributed by atoms with van der Waals surface area (Å²) in [5.74, 6) is 2.19. The van der Waals surface area contributed by atoms with Gasteiger partial charge in [-0.15, -0.1) is 0 Å². The Balaban J connectivity index is 2.39. The number of benzene rings is 1. The van der Waals surface area contributed by atoms with Gasteiger partial charge in [0, 0.05) is 0 Å². The van der Waals surface area contributed by atoms with E-state index < -0.39 is 0 Å². The molecule has 1 heterocycles. The summed E-state index contributed by atoms with van der Waals surface area (Å²) in [4.78, 5) is 8.10. The van der Waals surface area contributed by atoms with Gasteiger partial charge < -0.3 is 15.2 Å². The molecule has 5 nitrogen and oxygen atoms in total. The fraction of sp³-hybridized carbons (Fsp3) is 0.286. The molecule has 0 saturated heterocycles. The SMILES string of the molecule is CCc1c(N)ncnc1Oc1ccc(C)cc1OC. The molecule has 2 aromatic rings. The third-order valence-corrected chi connectivity index (χ3v) is 2.82. The molecule has 0 amide bonds. The van der Waals surface area contributed by atoms with Gasteiger partial charge in [-0.2, -0.15) is 0 Å². The molecular weight excluding hydrogens is 242 g/mol. The maximum Gasteiger partial charge on any atom is 0.227 e. The topological polar surface area (TPSA) is 70.3 Å². The molecule has 19 heavy (non-hydrogen) atoms. The monoisotopic (exact) mass is 259 g/mol. The molecule has 0 spiro atoms. The van der Waals surface area contributed by atoms with E-state index in [-0.39, 0.29) is 0 Å². The summed E-state index contributed by atoms with van der Waals surface area (Å²) in [6, 6.07) is 5.71. The molecule has 0 unspecified atom stereocenters. The zero-order valence-corrected chi connectivity index (χ0v) is 11.3. The first-order valence-electron chi connectivity index (χ1n) is 6.07. The van der Waals surface area contributed by atoms with Crippen LogP contribution in [-0.2, 0) is 6.42 Å². The van der Waals surface area contributed by atoms with E-state index >= 15 is 0 Å². The van der Waals surface area contributed by atoms with Crippen molar-refractivity contribution in [2.75, 3.05) is 12.8 Å². The lowest BCUT2D eigenvalue weighted by atomic mass is 10.2. The third-order valence-electron chi connectivity index (χ3n) is 2.82. The van der Waals surface area contributed by atoms with E-state index in [0.717, 1.165) is 11.1 Å². The Morgan fingerprint density at radius 3 is 2.68 bits per heavy atom. The van der Waals surface area contributed by atoms with E-state index in [1.807, 2.05) is 32.0 Å². The Kier molecular flexibility index (Phi) is 3.85. The number of nitrogens with two attached hydrogens (primary N) is 1. The zero-order chi connectivity index (χ0) is 13.8. The largest absolute Gasteiger partial charge is 0.493 e. The standard InChI is InChI=1S/C14H17N3O2/c1-4-10-13(15)16-8-17-14(10)19-11-6-5-9(2)7-12(11)18-3/h5-8H,4H2,1-3H3,(H2,15,16,17). The molecule has 2 rings (SSSR count). The van der Waals surface area contributed by atoms with Crippen molar-refractivity contribution in [1.29, 1.82) is 0 Å². The lowest BCUT2D eigenvalue weighted by Gasteiger charge is -2.13. The Morgan fingerprint density at radius 1 is 1.21 bits per heavy atom. The quantitative estimate of drug-likeness (QED) is 0.914. The van der Waals surface area contributed by atoms with Gasteiger partial charge in [-0.05, 0) is 31.0 Å². The molecule has 0 aliphatic rings. The van der Waals surface area contributed by atoms with Crippen LogP contribution in [0, 0.1) is 6.92 Å². The minimum atomic E-state index is 0.443. The van der Waals surface area contributed by atoms with E-state index in [1.54, 1.807) is 7.11 Å². The second-order valence-electron chi connectivity index (χ2n) is 4.15. The molecule has 100 valence electrons. The van der Waals surface area contributed by atoms with Gasteiger partial charge in [0.2, 0.25) is 5.88 Å². The molecule has 1 aromatic carbocycles. The van der Waals surface area contributed by atoms with Crippen molar-refractivity contribution >= 4 is 5.82 Å². The predicted molar refractivity (Wildman–Crippen MR) is 73.6 cm³/mol. The van der Waals surface area contributed by atoms with Gasteiger partial charge in [0.1, 0.15) is 12.1 Å². The van der Waals surface area contributed by atoms with Crippen LogP contribution < -0.4 is 15.2 Å². The summed E-state index contributed by atoms with van der Waals surface area (Å²) in [5, 5.41) is 0. The number of aromatic nitrogens is 2. The molecule has 0 radical (unpaired) electrons. The summed E-state index contributed by atoms with van der Waals surface area (Å²) in [7, 11) is 1.61. The van der Waals surface area contributed by atoms with E-state index in [1.165, 1.54) is 6.33 Å². The lowest BCUT2D eigenvalue weighted by Crippen LogP contribution is -2.02. The summed E-state index contributed by atoms with van der Waals surface area (Å²) in [6.07, 6.45) is 2.10. The first kappa shape index (κ1) is 13.1. The molecule has 0 bridgehead atoms. The van der Waals surface area contributed by atoms with Gasteiger partial charge in [0.25, 0.3) is 0 Å². The van der Waals surface area contributed by atoms with Crippen LogP contribution >= 0.6 is 0 Å². The summed E-state index contributed by atoms with van der Waals surface area (Å²) in [5.41, 5.74) is 7.71. The highest BCUT2D eigenvalue weighted by Gasteiger charge is 2.12. The number of nitrogen functional groups attached to an aromatic ring is 1. The molecule has 0 aliphatic carbocycles. The second-order valence-corrected chi connectivity index (χ2v) is 4.15. The van der Waals surface area contributed by atoms with Crippen molar-refractivity contribution in [3.63, 3.8) is 0 Å². The predicted octanol–water partition coefficient (Wildman–Crippen LogP) is 2.73. The fourth-order valence-electron chi connectivity index (χ4n) is 1.79. The maximum absolute atomic E-state index is 5.82. The van der Waals surface area contributed by atoms with Crippen LogP contribution in [-0.4, -0.2) is 17.1 Å². The van der Waals surface area contributed by atoms with Crippen molar-refractivity contribution in [2.24, 2.45) is 0 Å². The van der Waals surface area contributed by atoms with Crippen molar-refractivity contribution in [1.82, 2.24) is 9.97 Å². The molecule has 0 saturated carbocycles. The van der Waals surface area contributed by atoms with E-state index in [2.05, 4.69) is 9.97 Å². The Hall–Kier alpha value is -2.30. The lowest BCUT2D eigenvalue weighted by molar-refractivity contribution is 0.372. The van der Waals surface area contributed by atoms with Gasteiger partial charge >= 0.3 is 0 Å². The maximum atomic E-state index is 5.82. The molecule has 5 heteroatoms. The number of hydrogen-bond acceptors (Lipinski definition) is 5. The summed E-state index contributed by atoms with van der Waals surface area (Å²) in [6.45, 7) is 3.97. The number of anilines is 1.